The van der Waals surface area contributed by atoms with Gasteiger partial charge >= 0.3 is 0 Å². The second-order valence-corrected chi connectivity index (χ2v) is 5.12. The Balaban J connectivity index is 2.16. The Labute approximate surface area is 97.4 Å². The lowest BCUT2D eigenvalue weighted by molar-refractivity contribution is 0.629. The van der Waals surface area contributed by atoms with Crippen molar-refractivity contribution in [2.75, 3.05) is 22.6 Å². The van der Waals surface area contributed by atoms with Gasteiger partial charge in [0.1, 0.15) is 5.82 Å². The third-order valence-corrected chi connectivity index (χ3v) is 3.83. The summed E-state index contributed by atoms with van der Waals surface area (Å²) in [6.07, 6.45) is 1.11. The van der Waals surface area contributed by atoms with E-state index in [-0.39, 0.29) is 5.02 Å². The molecule has 2 nitrogen and oxygen atoms in total. The van der Waals surface area contributed by atoms with Crippen molar-refractivity contribution in [2.45, 2.75) is 12.5 Å². The van der Waals surface area contributed by atoms with E-state index in [0.717, 1.165) is 23.6 Å². The molecule has 1 heterocycles. The largest absolute Gasteiger partial charge is 0.397 e. The number of hydrogen-bond donors (Lipinski definition) is 2. The molecule has 0 aliphatic carbocycles. The van der Waals surface area contributed by atoms with Crippen LogP contribution in [0.25, 0.3) is 0 Å². The number of thioether (sulfide) groups is 1. The van der Waals surface area contributed by atoms with Gasteiger partial charge in [-0.1, -0.05) is 11.6 Å². The van der Waals surface area contributed by atoms with Crippen LogP contribution in [0.1, 0.15) is 6.42 Å². The van der Waals surface area contributed by atoms with Gasteiger partial charge in [0.2, 0.25) is 0 Å². The molecule has 1 aliphatic heterocycles. The second kappa shape index (κ2) is 4.49. The molecule has 1 fully saturated rings. The molecule has 1 aromatic rings. The molecule has 0 aromatic heterocycles. The molecule has 2 rings (SSSR count). The number of nitrogens with one attached hydrogen (secondary N) is 1. The highest BCUT2D eigenvalue weighted by Crippen LogP contribution is 2.29. The summed E-state index contributed by atoms with van der Waals surface area (Å²) < 4.78 is 13.0. The lowest BCUT2D eigenvalue weighted by Crippen LogP contribution is -2.19. The van der Waals surface area contributed by atoms with Crippen molar-refractivity contribution in [3.8, 4) is 0 Å². The average Bonchev–Trinajstić information content (AvgIpc) is 2.67. The Bertz CT molecular complexity index is 367. The maximum atomic E-state index is 13.0. The molecule has 3 N–H and O–H groups in total. The molecule has 0 radical (unpaired) electrons. The number of rotatable bonds is 2. The van der Waals surface area contributed by atoms with Crippen LogP contribution in [0, 0.1) is 5.82 Å². The first kappa shape index (κ1) is 10.9. The van der Waals surface area contributed by atoms with Crippen molar-refractivity contribution >= 4 is 34.7 Å². The van der Waals surface area contributed by atoms with Gasteiger partial charge in [-0.05, 0) is 18.2 Å². The van der Waals surface area contributed by atoms with Crippen LogP contribution in [0.5, 0.6) is 0 Å². The molecule has 82 valence electrons. The van der Waals surface area contributed by atoms with Crippen LogP contribution < -0.4 is 11.1 Å². The summed E-state index contributed by atoms with van der Waals surface area (Å²) in [5.41, 5.74) is 6.84. The van der Waals surface area contributed by atoms with E-state index in [9.17, 15) is 4.39 Å². The molecule has 1 unspecified atom stereocenters. The molecule has 0 saturated carbocycles. The Morgan fingerprint density at radius 1 is 1.53 bits per heavy atom. The monoisotopic (exact) mass is 246 g/mol. The van der Waals surface area contributed by atoms with E-state index in [2.05, 4.69) is 5.32 Å². The van der Waals surface area contributed by atoms with E-state index in [4.69, 9.17) is 17.3 Å². The summed E-state index contributed by atoms with van der Waals surface area (Å²) in [6, 6.07) is 3.22. The Kier molecular flexibility index (Phi) is 3.26. The summed E-state index contributed by atoms with van der Waals surface area (Å²) in [5.74, 6) is 1.75. The van der Waals surface area contributed by atoms with Gasteiger partial charge in [-0.3, -0.25) is 0 Å². The predicted octanol–water partition coefficient (Wildman–Crippen LogP) is 2.98. The molecule has 1 saturated heterocycles. The summed E-state index contributed by atoms with van der Waals surface area (Å²) in [7, 11) is 0. The van der Waals surface area contributed by atoms with Crippen molar-refractivity contribution in [1.29, 1.82) is 0 Å². The SMILES string of the molecule is Nc1cc(F)c(Cl)cc1NC1CCSC1. The first-order chi connectivity index (χ1) is 7.16. The molecular formula is C10H12ClFN2S. The van der Waals surface area contributed by atoms with Crippen molar-refractivity contribution in [3.63, 3.8) is 0 Å². The topological polar surface area (TPSA) is 38.0 Å². The van der Waals surface area contributed by atoms with Crippen molar-refractivity contribution in [2.24, 2.45) is 0 Å². The van der Waals surface area contributed by atoms with Crippen molar-refractivity contribution in [3.05, 3.63) is 23.0 Å². The number of halogens is 2. The zero-order valence-corrected chi connectivity index (χ0v) is 9.67. The third-order valence-electron chi connectivity index (χ3n) is 2.38. The first-order valence-corrected chi connectivity index (χ1v) is 6.29. The van der Waals surface area contributed by atoms with Crippen LogP contribution in [0.3, 0.4) is 0 Å². The summed E-state index contributed by atoms with van der Waals surface area (Å²) in [5, 5.41) is 3.39. The minimum atomic E-state index is -0.472. The third kappa shape index (κ3) is 2.49. The number of hydrogen-bond acceptors (Lipinski definition) is 3. The number of anilines is 2. The molecule has 5 heteroatoms. The smallest absolute Gasteiger partial charge is 0.143 e. The van der Waals surface area contributed by atoms with Crippen LogP contribution in [0.2, 0.25) is 5.02 Å². The standard InChI is InChI=1S/C10H12ClFN2S/c11-7-3-10(9(13)4-8(7)12)14-6-1-2-15-5-6/h3-4,6,14H,1-2,5,13H2. The van der Waals surface area contributed by atoms with E-state index in [1.54, 1.807) is 6.07 Å². The Morgan fingerprint density at radius 3 is 3.00 bits per heavy atom. The van der Waals surface area contributed by atoms with E-state index >= 15 is 0 Å². The van der Waals surface area contributed by atoms with E-state index < -0.39 is 5.82 Å². The fraction of sp³-hybridized carbons (Fsp3) is 0.400. The van der Waals surface area contributed by atoms with Gasteiger partial charge in [-0.2, -0.15) is 11.8 Å². The zero-order valence-electron chi connectivity index (χ0n) is 8.09. The number of benzene rings is 1. The van der Waals surface area contributed by atoms with Gasteiger partial charge < -0.3 is 11.1 Å². The van der Waals surface area contributed by atoms with Gasteiger partial charge in [0.25, 0.3) is 0 Å². The minimum Gasteiger partial charge on any atom is -0.397 e. The Morgan fingerprint density at radius 2 is 2.33 bits per heavy atom. The normalized spacial score (nSPS) is 20.5. The summed E-state index contributed by atoms with van der Waals surface area (Å²) in [6.45, 7) is 0. The van der Waals surface area contributed by atoms with Gasteiger partial charge in [-0.25, -0.2) is 4.39 Å². The second-order valence-electron chi connectivity index (χ2n) is 3.56. The highest BCUT2D eigenvalue weighted by molar-refractivity contribution is 7.99. The fourth-order valence-corrected chi connectivity index (χ4v) is 2.87. The molecule has 15 heavy (non-hydrogen) atoms. The lowest BCUT2D eigenvalue weighted by Gasteiger charge is -2.15. The van der Waals surface area contributed by atoms with E-state index in [0.29, 0.717) is 11.7 Å². The molecule has 0 amide bonds. The molecule has 1 aromatic carbocycles. The number of nitrogens with two attached hydrogens (primary N) is 1. The predicted molar refractivity (Wildman–Crippen MR) is 65.2 cm³/mol. The summed E-state index contributed by atoms with van der Waals surface area (Å²) in [4.78, 5) is 0. The van der Waals surface area contributed by atoms with E-state index in [1.165, 1.54) is 6.07 Å². The van der Waals surface area contributed by atoms with Crippen molar-refractivity contribution < 1.29 is 4.39 Å². The zero-order chi connectivity index (χ0) is 10.8. The molecule has 1 aliphatic rings. The van der Waals surface area contributed by atoms with Crippen LogP contribution in [0.4, 0.5) is 15.8 Å². The van der Waals surface area contributed by atoms with Crippen LogP contribution in [-0.2, 0) is 0 Å². The molecule has 1 atom stereocenters. The van der Waals surface area contributed by atoms with Crippen LogP contribution in [-0.4, -0.2) is 17.5 Å². The maximum Gasteiger partial charge on any atom is 0.143 e. The van der Waals surface area contributed by atoms with Gasteiger partial charge in [0.15, 0.2) is 0 Å². The average molecular weight is 247 g/mol. The molecular weight excluding hydrogens is 235 g/mol. The lowest BCUT2D eigenvalue weighted by atomic mass is 10.2. The molecule has 0 spiro atoms. The molecule has 0 bridgehead atoms. The fourth-order valence-electron chi connectivity index (χ4n) is 1.56. The quantitative estimate of drug-likeness (QED) is 0.788. The first-order valence-electron chi connectivity index (χ1n) is 4.75. The van der Waals surface area contributed by atoms with Gasteiger partial charge in [0.05, 0.1) is 16.4 Å². The van der Waals surface area contributed by atoms with Crippen molar-refractivity contribution in [1.82, 2.24) is 0 Å². The maximum absolute atomic E-state index is 13.0. The highest BCUT2D eigenvalue weighted by Gasteiger charge is 2.16. The van der Waals surface area contributed by atoms with Crippen LogP contribution >= 0.6 is 23.4 Å². The summed E-state index contributed by atoms with van der Waals surface area (Å²) >= 11 is 7.60. The van der Waals surface area contributed by atoms with E-state index in [1.807, 2.05) is 11.8 Å². The number of nitrogen functional groups attached to an aromatic ring is 1. The van der Waals surface area contributed by atoms with Gasteiger partial charge in [0, 0.05) is 17.9 Å². The van der Waals surface area contributed by atoms with Crippen LogP contribution in [0.15, 0.2) is 12.1 Å². The minimum absolute atomic E-state index is 0.109. The van der Waals surface area contributed by atoms with Gasteiger partial charge in [-0.15, -0.1) is 0 Å². The highest BCUT2D eigenvalue weighted by atomic mass is 35.5. The Hall–Kier alpha value is -0.610.